The molecular weight excluding hydrogens is 266 g/mol. The van der Waals surface area contributed by atoms with Crippen molar-refractivity contribution in [3.63, 3.8) is 0 Å². The summed E-state index contributed by atoms with van der Waals surface area (Å²) < 4.78 is 16.0. The van der Waals surface area contributed by atoms with Crippen LogP contribution in [-0.4, -0.2) is 39.7 Å². The van der Waals surface area contributed by atoms with Crippen LogP contribution in [0.2, 0.25) is 0 Å². The molecule has 1 saturated carbocycles. The second-order valence-electron chi connectivity index (χ2n) is 5.67. The van der Waals surface area contributed by atoms with Crippen LogP contribution < -0.4 is 9.64 Å². The Bertz CT molecular complexity index is 481. The molecule has 2 atom stereocenters. The molecule has 0 radical (unpaired) electrons. The molecule has 4 nitrogen and oxygen atoms in total. The number of anilines is 1. The van der Waals surface area contributed by atoms with Crippen molar-refractivity contribution >= 4 is 5.69 Å². The van der Waals surface area contributed by atoms with Crippen molar-refractivity contribution in [2.24, 2.45) is 5.92 Å². The summed E-state index contributed by atoms with van der Waals surface area (Å²) >= 11 is 0. The van der Waals surface area contributed by atoms with E-state index in [0.29, 0.717) is 12.8 Å². The molecule has 4 heteroatoms. The van der Waals surface area contributed by atoms with Crippen molar-refractivity contribution in [1.29, 1.82) is 0 Å². The van der Waals surface area contributed by atoms with Crippen LogP contribution in [0.1, 0.15) is 12.8 Å². The Kier molecular flexibility index (Phi) is 4.46. The zero-order chi connectivity index (χ0) is 14.7. The van der Waals surface area contributed by atoms with Gasteiger partial charge >= 0.3 is 0 Å². The lowest BCUT2D eigenvalue weighted by Gasteiger charge is -2.47. The van der Waals surface area contributed by atoms with Crippen LogP contribution in [0.25, 0.3) is 0 Å². The van der Waals surface area contributed by atoms with E-state index in [1.165, 1.54) is 18.5 Å². The monoisotopic (exact) mass is 289 g/mol. The molecule has 21 heavy (non-hydrogen) atoms. The molecule has 114 valence electrons. The third-order valence-corrected chi connectivity index (χ3v) is 4.12. The van der Waals surface area contributed by atoms with Crippen LogP contribution in [-0.2, 0) is 9.47 Å². The summed E-state index contributed by atoms with van der Waals surface area (Å²) in [6.45, 7) is 1.25. The number of rotatable bonds is 7. The molecule has 1 aliphatic heterocycles. The Morgan fingerprint density at radius 1 is 1.14 bits per heavy atom. The molecular formula is C17H23NO3. The van der Waals surface area contributed by atoms with Gasteiger partial charge in [-0.25, -0.2) is 0 Å². The zero-order valence-corrected chi connectivity index (χ0v) is 12.7. The van der Waals surface area contributed by atoms with Crippen LogP contribution in [0.3, 0.4) is 0 Å². The predicted octanol–water partition coefficient (Wildman–Crippen LogP) is 2.84. The molecule has 0 amide bonds. The highest BCUT2D eigenvalue weighted by Gasteiger charge is 2.38. The smallest absolute Gasteiger partial charge is 0.146 e. The van der Waals surface area contributed by atoms with E-state index in [0.717, 1.165) is 18.2 Å². The Morgan fingerprint density at radius 2 is 1.90 bits per heavy atom. The van der Waals surface area contributed by atoms with Crippen LogP contribution in [0.4, 0.5) is 5.69 Å². The van der Waals surface area contributed by atoms with E-state index in [2.05, 4.69) is 29.2 Å². The summed E-state index contributed by atoms with van der Waals surface area (Å²) in [6.07, 6.45) is 7.50. The summed E-state index contributed by atoms with van der Waals surface area (Å²) in [5.41, 5.74) is 1.21. The van der Waals surface area contributed by atoms with Crippen LogP contribution >= 0.6 is 0 Å². The fourth-order valence-corrected chi connectivity index (χ4v) is 2.63. The molecule has 0 bridgehead atoms. The third-order valence-electron chi connectivity index (χ3n) is 4.12. The molecule has 1 aromatic rings. The first-order chi connectivity index (χ1) is 10.3. The lowest BCUT2D eigenvalue weighted by molar-refractivity contribution is -0.0894. The summed E-state index contributed by atoms with van der Waals surface area (Å²) in [6, 6.07) is 8.50. The van der Waals surface area contributed by atoms with E-state index in [9.17, 15) is 0 Å². The molecule has 0 spiro atoms. The van der Waals surface area contributed by atoms with Gasteiger partial charge in [0.1, 0.15) is 18.6 Å². The summed E-state index contributed by atoms with van der Waals surface area (Å²) in [4.78, 5) is 2.36. The van der Waals surface area contributed by atoms with Gasteiger partial charge in [0.15, 0.2) is 0 Å². The molecule has 1 unspecified atom stereocenters. The van der Waals surface area contributed by atoms with Crippen LogP contribution in [0, 0.1) is 5.92 Å². The first-order valence-corrected chi connectivity index (χ1v) is 7.51. The number of benzene rings is 1. The van der Waals surface area contributed by atoms with Gasteiger partial charge in [-0.15, -0.1) is 0 Å². The van der Waals surface area contributed by atoms with Crippen LogP contribution in [0.15, 0.2) is 36.4 Å². The topological polar surface area (TPSA) is 30.9 Å². The molecule has 1 aromatic carbocycles. The summed E-state index contributed by atoms with van der Waals surface area (Å²) in [7, 11) is 3.35. The fraction of sp³-hybridized carbons (Fsp3) is 0.529. The minimum Gasteiger partial charge on any atom is -0.497 e. The lowest BCUT2D eigenvalue weighted by atomic mass is 9.96. The van der Waals surface area contributed by atoms with Gasteiger partial charge in [0.05, 0.1) is 13.2 Å². The maximum atomic E-state index is 5.75. The van der Waals surface area contributed by atoms with E-state index < -0.39 is 0 Å². The summed E-state index contributed by atoms with van der Waals surface area (Å²) in [5.74, 6) is 1.67. The van der Waals surface area contributed by atoms with Crippen molar-refractivity contribution in [1.82, 2.24) is 0 Å². The van der Waals surface area contributed by atoms with Crippen molar-refractivity contribution in [3.8, 4) is 5.75 Å². The van der Waals surface area contributed by atoms with Crippen molar-refractivity contribution < 1.29 is 14.2 Å². The molecule has 1 aliphatic carbocycles. The Balaban J connectivity index is 1.67. The second kappa shape index (κ2) is 6.50. The molecule has 1 heterocycles. The molecule has 2 aliphatic rings. The quantitative estimate of drug-likeness (QED) is 0.570. The number of hydrogen-bond donors (Lipinski definition) is 0. The normalized spacial score (nSPS) is 25.1. The van der Waals surface area contributed by atoms with E-state index in [1.54, 1.807) is 14.2 Å². The molecule has 3 rings (SSSR count). The standard InChI is InChI=1S/C17H23NO3/c1-19-12-21-17-11-18(16(17)10-5-13-3-4-13)14-6-8-15(20-2)9-7-14/h5-10,13,16-17H,3-4,11-12H2,1-2H3/t16?,17-/m1/s1. The Morgan fingerprint density at radius 3 is 2.52 bits per heavy atom. The average molecular weight is 289 g/mol. The Labute approximate surface area is 126 Å². The first kappa shape index (κ1) is 14.4. The van der Waals surface area contributed by atoms with E-state index >= 15 is 0 Å². The third kappa shape index (κ3) is 3.39. The van der Waals surface area contributed by atoms with Gasteiger partial charge in [-0.05, 0) is 43.0 Å². The summed E-state index contributed by atoms with van der Waals surface area (Å²) in [5, 5.41) is 0. The highest BCUT2D eigenvalue weighted by Crippen LogP contribution is 2.34. The first-order valence-electron chi connectivity index (χ1n) is 7.51. The molecule has 2 fully saturated rings. The van der Waals surface area contributed by atoms with E-state index in [1.807, 2.05) is 12.1 Å². The fourth-order valence-electron chi connectivity index (χ4n) is 2.63. The van der Waals surface area contributed by atoms with Gasteiger partial charge in [0.25, 0.3) is 0 Å². The number of nitrogens with zero attached hydrogens (tertiary/aromatic N) is 1. The maximum absolute atomic E-state index is 5.75. The number of hydrogen-bond acceptors (Lipinski definition) is 4. The zero-order valence-electron chi connectivity index (χ0n) is 12.7. The van der Waals surface area contributed by atoms with Gasteiger partial charge < -0.3 is 19.1 Å². The lowest BCUT2D eigenvalue weighted by Crippen LogP contribution is -2.60. The number of ether oxygens (including phenoxy) is 3. The van der Waals surface area contributed by atoms with Crippen molar-refractivity contribution in [2.45, 2.75) is 25.0 Å². The number of allylic oxidation sites excluding steroid dienone is 1. The minimum atomic E-state index is 0.210. The van der Waals surface area contributed by atoms with E-state index in [-0.39, 0.29) is 6.10 Å². The van der Waals surface area contributed by atoms with E-state index in [4.69, 9.17) is 14.2 Å². The minimum absolute atomic E-state index is 0.210. The highest BCUT2D eigenvalue weighted by molar-refractivity contribution is 5.54. The highest BCUT2D eigenvalue weighted by atomic mass is 16.7. The van der Waals surface area contributed by atoms with Gasteiger partial charge in [-0.2, -0.15) is 0 Å². The van der Waals surface area contributed by atoms with Gasteiger partial charge in [-0.3, -0.25) is 0 Å². The van der Waals surface area contributed by atoms with Gasteiger partial charge in [0.2, 0.25) is 0 Å². The molecule has 0 aromatic heterocycles. The predicted molar refractivity (Wildman–Crippen MR) is 82.7 cm³/mol. The molecule has 1 saturated heterocycles. The van der Waals surface area contributed by atoms with Gasteiger partial charge in [-0.1, -0.05) is 12.2 Å². The van der Waals surface area contributed by atoms with Crippen LogP contribution in [0.5, 0.6) is 5.75 Å². The molecule has 0 N–H and O–H groups in total. The second-order valence-corrected chi connectivity index (χ2v) is 5.67. The maximum Gasteiger partial charge on any atom is 0.146 e. The van der Waals surface area contributed by atoms with Crippen molar-refractivity contribution in [3.05, 3.63) is 36.4 Å². The Hall–Kier alpha value is -1.52. The van der Waals surface area contributed by atoms with Crippen molar-refractivity contribution in [2.75, 3.05) is 32.5 Å². The number of methoxy groups -OCH3 is 2. The SMILES string of the molecule is COCO[C@@H]1CN(c2ccc(OC)cc2)C1C=CC1CC1. The average Bonchev–Trinajstić information content (AvgIpc) is 3.31. The van der Waals surface area contributed by atoms with Gasteiger partial charge in [0, 0.05) is 19.3 Å². The largest absolute Gasteiger partial charge is 0.497 e.